The zero-order valence-corrected chi connectivity index (χ0v) is 13.5. The van der Waals surface area contributed by atoms with Crippen LogP contribution in [-0.4, -0.2) is 17.9 Å². The Bertz CT molecular complexity index is 789. The van der Waals surface area contributed by atoms with Crippen LogP contribution in [0.25, 0.3) is 0 Å². The SMILES string of the molecule is NC(=O)[C@@H](Cc1ccc(F)cc1)NC(=O)Cc1cccc(C(F)(F)F)c1. The van der Waals surface area contributed by atoms with Crippen LogP contribution in [0.15, 0.2) is 48.5 Å². The summed E-state index contributed by atoms with van der Waals surface area (Å²) in [4.78, 5) is 23.6. The molecule has 0 saturated carbocycles. The lowest BCUT2D eigenvalue weighted by molar-refractivity contribution is -0.137. The normalized spacial score (nSPS) is 12.5. The molecule has 0 heterocycles. The fourth-order valence-electron chi connectivity index (χ4n) is 2.37. The first-order chi connectivity index (χ1) is 12.1. The number of hydrogen-bond acceptors (Lipinski definition) is 2. The monoisotopic (exact) mass is 368 g/mol. The van der Waals surface area contributed by atoms with E-state index in [0.29, 0.717) is 5.56 Å². The Balaban J connectivity index is 2.04. The standard InChI is InChI=1S/C18H16F4N2O2/c19-14-6-4-11(5-7-14)9-15(17(23)26)24-16(25)10-12-2-1-3-13(8-12)18(20,21)22/h1-8,15H,9-10H2,(H2,23,26)(H,24,25)/t15-/m1/s1. The minimum atomic E-state index is -4.51. The minimum absolute atomic E-state index is 0.0456. The molecule has 0 aliphatic carbocycles. The summed E-state index contributed by atoms with van der Waals surface area (Å²) in [6.07, 6.45) is -4.80. The van der Waals surface area contributed by atoms with E-state index in [1.165, 1.54) is 36.4 Å². The van der Waals surface area contributed by atoms with Crippen molar-refractivity contribution in [1.29, 1.82) is 0 Å². The van der Waals surface area contributed by atoms with Gasteiger partial charge in [0.1, 0.15) is 11.9 Å². The third kappa shape index (κ3) is 5.58. The molecule has 8 heteroatoms. The van der Waals surface area contributed by atoms with Gasteiger partial charge in [-0.3, -0.25) is 9.59 Å². The van der Waals surface area contributed by atoms with Crippen molar-refractivity contribution in [3.8, 4) is 0 Å². The zero-order valence-electron chi connectivity index (χ0n) is 13.5. The summed E-state index contributed by atoms with van der Waals surface area (Å²) >= 11 is 0. The van der Waals surface area contributed by atoms with Crippen molar-refractivity contribution in [1.82, 2.24) is 5.32 Å². The van der Waals surface area contributed by atoms with E-state index in [1.54, 1.807) is 0 Å². The van der Waals surface area contributed by atoms with Crippen LogP contribution in [0.5, 0.6) is 0 Å². The van der Waals surface area contributed by atoms with Gasteiger partial charge in [-0.1, -0.05) is 30.3 Å². The third-order valence-electron chi connectivity index (χ3n) is 3.65. The number of primary amides is 1. The maximum atomic E-state index is 12.9. The minimum Gasteiger partial charge on any atom is -0.368 e. The van der Waals surface area contributed by atoms with Gasteiger partial charge in [-0.2, -0.15) is 13.2 Å². The van der Waals surface area contributed by atoms with Crippen LogP contribution in [0.1, 0.15) is 16.7 Å². The van der Waals surface area contributed by atoms with Crippen LogP contribution in [0.4, 0.5) is 17.6 Å². The van der Waals surface area contributed by atoms with Crippen molar-refractivity contribution < 1.29 is 27.2 Å². The summed E-state index contributed by atoms with van der Waals surface area (Å²) in [7, 11) is 0. The second-order valence-corrected chi connectivity index (χ2v) is 5.73. The molecule has 1 atom stereocenters. The quantitative estimate of drug-likeness (QED) is 0.770. The van der Waals surface area contributed by atoms with Gasteiger partial charge in [0.25, 0.3) is 0 Å². The van der Waals surface area contributed by atoms with Crippen molar-refractivity contribution in [3.05, 3.63) is 71.0 Å². The van der Waals surface area contributed by atoms with Crippen molar-refractivity contribution >= 4 is 11.8 Å². The molecule has 138 valence electrons. The largest absolute Gasteiger partial charge is 0.416 e. The molecule has 3 N–H and O–H groups in total. The predicted molar refractivity (Wildman–Crippen MR) is 86.4 cm³/mol. The number of amides is 2. The van der Waals surface area contributed by atoms with Gasteiger partial charge in [0.2, 0.25) is 11.8 Å². The first-order valence-electron chi connectivity index (χ1n) is 7.64. The highest BCUT2D eigenvalue weighted by Crippen LogP contribution is 2.29. The maximum absolute atomic E-state index is 12.9. The molecule has 26 heavy (non-hydrogen) atoms. The summed E-state index contributed by atoms with van der Waals surface area (Å²) in [6.45, 7) is 0. The van der Waals surface area contributed by atoms with Crippen LogP contribution >= 0.6 is 0 Å². The molecule has 0 fully saturated rings. The molecule has 4 nitrogen and oxygen atoms in total. The van der Waals surface area contributed by atoms with Gasteiger partial charge >= 0.3 is 6.18 Å². The Hall–Kier alpha value is -2.90. The van der Waals surface area contributed by atoms with E-state index in [9.17, 15) is 27.2 Å². The average molecular weight is 368 g/mol. The lowest BCUT2D eigenvalue weighted by Crippen LogP contribution is -2.46. The first kappa shape index (κ1) is 19.4. The van der Waals surface area contributed by atoms with Gasteiger partial charge in [-0.05, 0) is 29.3 Å². The fraction of sp³-hybridized carbons (Fsp3) is 0.222. The summed E-state index contributed by atoms with van der Waals surface area (Å²) < 4.78 is 51.0. The summed E-state index contributed by atoms with van der Waals surface area (Å²) in [5.74, 6) is -1.89. The van der Waals surface area contributed by atoms with Gasteiger partial charge in [-0.15, -0.1) is 0 Å². The Morgan fingerprint density at radius 2 is 1.69 bits per heavy atom. The first-order valence-corrected chi connectivity index (χ1v) is 7.64. The van der Waals surface area contributed by atoms with E-state index in [-0.39, 0.29) is 18.4 Å². The van der Waals surface area contributed by atoms with Crippen molar-refractivity contribution in [3.63, 3.8) is 0 Å². The van der Waals surface area contributed by atoms with Crippen LogP contribution in [-0.2, 0) is 28.6 Å². The second-order valence-electron chi connectivity index (χ2n) is 5.73. The number of nitrogens with two attached hydrogens (primary N) is 1. The highest BCUT2D eigenvalue weighted by molar-refractivity contribution is 5.87. The van der Waals surface area contributed by atoms with Crippen LogP contribution in [0.3, 0.4) is 0 Å². The van der Waals surface area contributed by atoms with Crippen molar-refractivity contribution in [2.24, 2.45) is 5.73 Å². The summed E-state index contributed by atoms with van der Waals surface area (Å²) in [5.41, 5.74) is 5.13. The number of nitrogens with one attached hydrogen (secondary N) is 1. The number of hydrogen-bond donors (Lipinski definition) is 2. The van der Waals surface area contributed by atoms with E-state index >= 15 is 0 Å². The second kappa shape index (κ2) is 7.99. The van der Waals surface area contributed by atoms with Gasteiger partial charge < -0.3 is 11.1 Å². The van der Waals surface area contributed by atoms with E-state index in [2.05, 4.69) is 5.32 Å². The van der Waals surface area contributed by atoms with Gasteiger partial charge in [0.05, 0.1) is 12.0 Å². The molecule has 0 radical (unpaired) electrons. The number of carbonyl (C=O) groups is 2. The van der Waals surface area contributed by atoms with Crippen LogP contribution < -0.4 is 11.1 Å². The molecule has 2 aromatic carbocycles. The Morgan fingerprint density at radius 3 is 2.27 bits per heavy atom. The highest BCUT2D eigenvalue weighted by atomic mass is 19.4. The number of halogens is 4. The van der Waals surface area contributed by atoms with E-state index < -0.39 is 35.4 Å². The van der Waals surface area contributed by atoms with E-state index in [1.807, 2.05) is 0 Å². The Morgan fingerprint density at radius 1 is 1.04 bits per heavy atom. The third-order valence-corrected chi connectivity index (χ3v) is 3.65. The highest BCUT2D eigenvalue weighted by Gasteiger charge is 2.30. The zero-order chi connectivity index (χ0) is 19.3. The lowest BCUT2D eigenvalue weighted by atomic mass is 10.0. The molecule has 0 saturated heterocycles. The average Bonchev–Trinajstić information content (AvgIpc) is 2.55. The molecular weight excluding hydrogens is 352 g/mol. The van der Waals surface area contributed by atoms with Crippen LogP contribution in [0, 0.1) is 5.82 Å². The van der Waals surface area contributed by atoms with Gasteiger partial charge in [0, 0.05) is 6.42 Å². The molecule has 0 unspecified atom stereocenters. The van der Waals surface area contributed by atoms with Crippen LogP contribution in [0.2, 0.25) is 0 Å². The summed E-state index contributed by atoms with van der Waals surface area (Å²) in [5, 5.41) is 2.40. The Kier molecular flexibility index (Phi) is 5.97. The fourth-order valence-corrected chi connectivity index (χ4v) is 2.37. The molecule has 2 amide bonds. The van der Waals surface area contributed by atoms with Crippen molar-refractivity contribution in [2.75, 3.05) is 0 Å². The molecule has 2 rings (SSSR count). The maximum Gasteiger partial charge on any atom is 0.416 e. The molecule has 0 spiro atoms. The number of alkyl halides is 3. The molecule has 0 aliphatic heterocycles. The molecule has 0 aromatic heterocycles. The molecule has 0 aliphatic rings. The molecular formula is C18H16F4N2O2. The topological polar surface area (TPSA) is 72.2 Å². The van der Waals surface area contributed by atoms with Crippen molar-refractivity contribution in [2.45, 2.75) is 25.1 Å². The Labute approximate surface area is 147 Å². The molecule has 2 aromatic rings. The molecule has 0 bridgehead atoms. The lowest BCUT2D eigenvalue weighted by Gasteiger charge is -2.16. The number of benzene rings is 2. The smallest absolute Gasteiger partial charge is 0.368 e. The van der Waals surface area contributed by atoms with Gasteiger partial charge in [0.15, 0.2) is 0 Å². The van der Waals surface area contributed by atoms with Gasteiger partial charge in [-0.25, -0.2) is 4.39 Å². The summed E-state index contributed by atoms with van der Waals surface area (Å²) in [6, 6.07) is 8.62. The van der Waals surface area contributed by atoms with E-state index in [4.69, 9.17) is 5.73 Å². The predicted octanol–water partition coefficient (Wildman–Crippen LogP) is 2.60. The number of rotatable bonds is 6. The van der Waals surface area contributed by atoms with E-state index in [0.717, 1.165) is 12.1 Å². The number of carbonyl (C=O) groups excluding carboxylic acids is 2.